The van der Waals surface area contributed by atoms with E-state index in [1.807, 2.05) is 13.8 Å². The van der Waals surface area contributed by atoms with Crippen molar-refractivity contribution in [3.8, 4) is 0 Å². The molecule has 2 rings (SSSR count). The van der Waals surface area contributed by atoms with Gasteiger partial charge < -0.3 is 5.32 Å². The fraction of sp³-hybridized carbons (Fsp3) is 0.692. The largest absolute Gasteiger partial charge is 0.305 e. The predicted octanol–water partition coefficient (Wildman–Crippen LogP) is 2.40. The number of rotatable bonds is 3. The molecule has 0 spiro atoms. The summed E-state index contributed by atoms with van der Waals surface area (Å²) in [5.74, 6) is 0.283. The highest BCUT2D eigenvalue weighted by atomic mass is 32.1. The van der Waals surface area contributed by atoms with Gasteiger partial charge in [0.15, 0.2) is 5.78 Å². The van der Waals surface area contributed by atoms with Crippen molar-refractivity contribution < 1.29 is 4.79 Å². The van der Waals surface area contributed by atoms with Crippen molar-refractivity contribution in [2.75, 3.05) is 6.54 Å². The highest BCUT2D eigenvalue weighted by molar-refractivity contribution is 7.11. The Bertz CT molecular complexity index is 400. The van der Waals surface area contributed by atoms with Gasteiger partial charge in [0.1, 0.15) is 5.01 Å². The fourth-order valence-electron chi connectivity index (χ4n) is 2.24. The van der Waals surface area contributed by atoms with Crippen LogP contribution < -0.4 is 5.32 Å². The number of aryl methyl sites for hydroxylation is 2. The van der Waals surface area contributed by atoms with Crippen LogP contribution in [-0.2, 0) is 11.2 Å². The zero-order chi connectivity index (χ0) is 12.5. The van der Waals surface area contributed by atoms with Crippen LogP contribution in [0.15, 0.2) is 0 Å². The Morgan fingerprint density at radius 2 is 2.24 bits per heavy atom. The molecule has 0 aliphatic carbocycles. The number of Topliss-reactive ketones (excluding diaryl/α,β-unsaturated/α-hetero) is 1. The van der Waals surface area contributed by atoms with Gasteiger partial charge in [0.05, 0.1) is 17.7 Å². The van der Waals surface area contributed by atoms with E-state index in [0.717, 1.165) is 30.1 Å². The number of ketones is 1. The standard InChI is InChI=1S/C13H20N2OS/c1-9-10(2)17-12(15-9)8-11(16)13(3)6-4-5-7-14-13/h14H,4-8H2,1-3H3. The smallest absolute Gasteiger partial charge is 0.159 e. The summed E-state index contributed by atoms with van der Waals surface area (Å²) >= 11 is 1.65. The second-order valence-electron chi connectivity index (χ2n) is 5.07. The molecule has 1 unspecified atom stereocenters. The quantitative estimate of drug-likeness (QED) is 0.898. The molecule has 1 fully saturated rings. The first-order valence-electron chi connectivity index (χ1n) is 6.22. The molecule has 17 heavy (non-hydrogen) atoms. The van der Waals surface area contributed by atoms with Crippen molar-refractivity contribution >= 4 is 17.1 Å². The fourth-order valence-corrected chi connectivity index (χ4v) is 3.17. The van der Waals surface area contributed by atoms with Gasteiger partial charge in [-0.2, -0.15) is 0 Å². The molecule has 3 nitrogen and oxygen atoms in total. The number of thiazole rings is 1. The topological polar surface area (TPSA) is 42.0 Å². The van der Waals surface area contributed by atoms with Crippen molar-refractivity contribution in [1.82, 2.24) is 10.3 Å². The summed E-state index contributed by atoms with van der Waals surface area (Å²) in [5, 5.41) is 4.32. The number of piperidine rings is 1. The summed E-state index contributed by atoms with van der Waals surface area (Å²) in [5.41, 5.74) is 0.727. The molecule has 1 aliphatic heterocycles. The molecule has 1 N–H and O–H groups in total. The molecular weight excluding hydrogens is 232 g/mol. The molecule has 94 valence electrons. The molecule has 1 aromatic rings. The third-order valence-electron chi connectivity index (χ3n) is 3.62. The number of carbonyl (C=O) groups is 1. The van der Waals surface area contributed by atoms with Crippen molar-refractivity contribution in [2.24, 2.45) is 0 Å². The maximum absolute atomic E-state index is 12.3. The van der Waals surface area contributed by atoms with Gasteiger partial charge in [0.2, 0.25) is 0 Å². The number of hydrogen-bond acceptors (Lipinski definition) is 4. The van der Waals surface area contributed by atoms with Gasteiger partial charge >= 0.3 is 0 Å². The minimum Gasteiger partial charge on any atom is -0.305 e. The minimum absolute atomic E-state index is 0.283. The molecule has 2 heterocycles. The first-order valence-corrected chi connectivity index (χ1v) is 7.04. The molecule has 0 aromatic carbocycles. The molecule has 4 heteroatoms. The highest BCUT2D eigenvalue weighted by Crippen LogP contribution is 2.23. The first kappa shape index (κ1) is 12.7. The van der Waals surface area contributed by atoms with Crippen LogP contribution in [0.5, 0.6) is 0 Å². The first-order chi connectivity index (χ1) is 8.01. The van der Waals surface area contributed by atoms with E-state index < -0.39 is 0 Å². The summed E-state index contributed by atoms with van der Waals surface area (Å²) in [6.07, 6.45) is 3.75. The lowest BCUT2D eigenvalue weighted by molar-refractivity contribution is -0.125. The van der Waals surface area contributed by atoms with Crippen LogP contribution in [0, 0.1) is 13.8 Å². The number of carbonyl (C=O) groups excluding carboxylic acids is 1. The highest BCUT2D eigenvalue weighted by Gasteiger charge is 2.34. The lowest BCUT2D eigenvalue weighted by Crippen LogP contribution is -2.52. The molecule has 0 amide bonds. The number of hydrogen-bond donors (Lipinski definition) is 1. The average Bonchev–Trinajstić information content (AvgIpc) is 2.59. The van der Waals surface area contributed by atoms with Crippen LogP contribution >= 0.6 is 11.3 Å². The predicted molar refractivity (Wildman–Crippen MR) is 70.6 cm³/mol. The number of nitrogens with one attached hydrogen (secondary N) is 1. The Hall–Kier alpha value is -0.740. The van der Waals surface area contributed by atoms with Crippen molar-refractivity contribution in [3.05, 3.63) is 15.6 Å². The Morgan fingerprint density at radius 3 is 2.76 bits per heavy atom. The van der Waals surface area contributed by atoms with E-state index in [4.69, 9.17) is 0 Å². The van der Waals surface area contributed by atoms with E-state index in [1.165, 1.54) is 11.3 Å². The second kappa shape index (κ2) is 4.86. The van der Waals surface area contributed by atoms with E-state index >= 15 is 0 Å². The Labute approximate surface area is 107 Å². The molecule has 1 saturated heterocycles. The van der Waals surface area contributed by atoms with Crippen LogP contribution in [0.3, 0.4) is 0 Å². The molecule has 1 aliphatic rings. The zero-order valence-corrected chi connectivity index (χ0v) is 11.6. The maximum Gasteiger partial charge on any atom is 0.159 e. The van der Waals surface area contributed by atoms with E-state index in [9.17, 15) is 4.79 Å². The van der Waals surface area contributed by atoms with Crippen molar-refractivity contribution in [3.63, 3.8) is 0 Å². The van der Waals surface area contributed by atoms with Gasteiger partial charge in [-0.05, 0) is 46.6 Å². The Morgan fingerprint density at radius 1 is 1.47 bits per heavy atom. The van der Waals surface area contributed by atoms with Gasteiger partial charge in [0, 0.05) is 4.88 Å². The van der Waals surface area contributed by atoms with Gasteiger partial charge in [-0.3, -0.25) is 4.79 Å². The normalized spacial score (nSPS) is 24.9. The Kier molecular flexibility index (Phi) is 3.64. The van der Waals surface area contributed by atoms with E-state index in [-0.39, 0.29) is 11.3 Å². The van der Waals surface area contributed by atoms with Gasteiger partial charge in [-0.1, -0.05) is 0 Å². The van der Waals surface area contributed by atoms with Crippen LogP contribution in [0.25, 0.3) is 0 Å². The molecule has 1 aromatic heterocycles. The van der Waals surface area contributed by atoms with E-state index in [0.29, 0.717) is 6.42 Å². The van der Waals surface area contributed by atoms with Crippen molar-refractivity contribution in [2.45, 2.75) is 52.0 Å². The summed E-state index contributed by atoms with van der Waals surface area (Å²) in [6, 6.07) is 0. The van der Waals surface area contributed by atoms with E-state index in [2.05, 4.69) is 17.2 Å². The summed E-state index contributed by atoms with van der Waals surface area (Å²) < 4.78 is 0. The maximum atomic E-state index is 12.3. The lowest BCUT2D eigenvalue weighted by atomic mass is 9.85. The zero-order valence-electron chi connectivity index (χ0n) is 10.8. The van der Waals surface area contributed by atoms with Crippen LogP contribution in [0.2, 0.25) is 0 Å². The summed E-state index contributed by atoms with van der Waals surface area (Å²) in [6.45, 7) is 7.04. The Balaban J connectivity index is 2.05. The van der Waals surface area contributed by atoms with Gasteiger partial charge in [-0.25, -0.2) is 4.98 Å². The number of aromatic nitrogens is 1. The van der Waals surface area contributed by atoms with Gasteiger partial charge in [-0.15, -0.1) is 11.3 Å². The van der Waals surface area contributed by atoms with Crippen LogP contribution in [0.1, 0.15) is 41.8 Å². The van der Waals surface area contributed by atoms with E-state index in [1.54, 1.807) is 11.3 Å². The number of nitrogens with zero attached hydrogens (tertiary/aromatic N) is 1. The van der Waals surface area contributed by atoms with Crippen LogP contribution in [0.4, 0.5) is 0 Å². The summed E-state index contributed by atoms with van der Waals surface area (Å²) in [4.78, 5) is 18.0. The third kappa shape index (κ3) is 2.75. The third-order valence-corrected chi connectivity index (χ3v) is 4.69. The molecule has 0 saturated carbocycles. The molecule has 1 atom stereocenters. The molecule has 0 bridgehead atoms. The lowest BCUT2D eigenvalue weighted by Gasteiger charge is -2.33. The average molecular weight is 252 g/mol. The van der Waals surface area contributed by atoms with Gasteiger partial charge in [0.25, 0.3) is 0 Å². The molecular formula is C13H20N2OS. The summed E-state index contributed by atoms with van der Waals surface area (Å²) in [7, 11) is 0. The molecule has 0 radical (unpaired) electrons. The minimum atomic E-state index is -0.328. The van der Waals surface area contributed by atoms with Crippen molar-refractivity contribution in [1.29, 1.82) is 0 Å². The SMILES string of the molecule is Cc1nc(CC(=O)C2(C)CCCCN2)sc1C. The monoisotopic (exact) mass is 252 g/mol. The van der Waals surface area contributed by atoms with Crippen LogP contribution in [-0.4, -0.2) is 22.9 Å². The second-order valence-corrected chi connectivity index (χ2v) is 6.35.